The number of ether oxygens (including phenoxy) is 1. The Morgan fingerprint density at radius 3 is 2.33 bits per heavy atom. The Hall–Kier alpha value is -4.13. The fourth-order valence-corrected chi connectivity index (χ4v) is 3.23. The second kappa shape index (κ2) is 7.71. The third-order valence-electron chi connectivity index (χ3n) is 4.40. The highest BCUT2D eigenvalue weighted by molar-refractivity contribution is 6.33. The molecule has 0 saturated heterocycles. The number of benzene rings is 3. The number of hydrogen-bond acceptors (Lipinski definition) is 5. The molecule has 1 heterocycles. The van der Waals surface area contributed by atoms with Crippen molar-refractivity contribution < 1.29 is 13.5 Å². The third kappa shape index (κ3) is 3.60. The van der Waals surface area contributed by atoms with Crippen LogP contribution in [0.25, 0.3) is 22.1 Å². The van der Waals surface area contributed by atoms with Gasteiger partial charge in [0.15, 0.2) is 0 Å². The smallest absolute Gasteiger partial charge is 0.344 e. The molecule has 1 aromatic heterocycles. The standard InChI is InChI=1S/C23H10ClFN2O3/c24-21-9-16(25)3-6-19(21)20-8-13-1-4-18(10-22(13)30-23(20)28)29-17-5-2-14(11-26)15(7-17)12-27/h1-10H. The summed E-state index contributed by atoms with van der Waals surface area (Å²) >= 11 is 6.07. The summed E-state index contributed by atoms with van der Waals surface area (Å²) < 4.78 is 24.4. The molecule has 0 saturated carbocycles. The lowest BCUT2D eigenvalue weighted by atomic mass is 10.1. The number of nitriles is 2. The lowest BCUT2D eigenvalue weighted by Gasteiger charge is -2.08. The van der Waals surface area contributed by atoms with E-state index in [9.17, 15) is 9.18 Å². The largest absolute Gasteiger partial charge is 0.457 e. The first-order chi connectivity index (χ1) is 14.5. The summed E-state index contributed by atoms with van der Waals surface area (Å²) in [6.45, 7) is 0. The molecule has 0 N–H and O–H groups in total. The van der Waals surface area contributed by atoms with Crippen LogP contribution in [0.5, 0.6) is 11.5 Å². The molecule has 0 aliphatic carbocycles. The highest BCUT2D eigenvalue weighted by Crippen LogP contribution is 2.31. The van der Waals surface area contributed by atoms with E-state index < -0.39 is 11.4 Å². The maximum absolute atomic E-state index is 13.3. The minimum Gasteiger partial charge on any atom is -0.457 e. The van der Waals surface area contributed by atoms with Crippen LogP contribution in [0.3, 0.4) is 0 Å². The number of rotatable bonds is 3. The van der Waals surface area contributed by atoms with E-state index in [2.05, 4.69) is 0 Å². The van der Waals surface area contributed by atoms with Crippen molar-refractivity contribution in [3.63, 3.8) is 0 Å². The van der Waals surface area contributed by atoms with Gasteiger partial charge >= 0.3 is 5.63 Å². The molecule has 4 rings (SSSR count). The van der Waals surface area contributed by atoms with E-state index in [1.54, 1.807) is 24.3 Å². The van der Waals surface area contributed by atoms with Crippen LogP contribution in [0.4, 0.5) is 4.39 Å². The predicted octanol–water partition coefficient (Wildman–Crippen LogP) is 5.79. The molecule has 7 heteroatoms. The van der Waals surface area contributed by atoms with Crippen LogP contribution in [-0.4, -0.2) is 0 Å². The van der Waals surface area contributed by atoms with Gasteiger partial charge in [-0.15, -0.1) is 0 Å². The lowest BCUT2D eigenvalue weighted by Crippen LogP contribution is -2.03. The first kappa shape index (κ1) is 19.2. The maximum atomic E-state index is 13.3. The Labute approximate surface area is 174 Å². The number of fused-ring (bicyclic) bond motifs is 1. The predicted molar refractivity (Wildman–Crippen MR) is 109 cm³/mol. The van der Waals surface area contributed by atoms with Crippen LogP contribution in [0.2, 0.25) is 5.02 Å². The Kier molecular flexibility index (Phi) is 4.93. The first-order valence-corrected chi connectivity index (χ1v) is 9.02. The van der Waals surface area contributed by atoms with Gasteiger partial charge < -0.3 is 9.15 Å². The molecule has 144 valence electrons. The Morgan fingerprint density at radius 2 is 1.60 bits per heavy atom. The van der Waals surface area contributed by atoms with Crippen molar-refractivity contribution in [1.29, 1.82) is 10.5 Å². The van der Waals surface area contributed by atoms with Crippen LogP contribution in [-0.2, 0) is 0 Å². The Bertz CT molecular complexity index is 1450. The van der Waals surface area contributed by atoms with Crippen molar-refractivity contribution in [2.75, 3.05) is 0 Å². The van der Waals surface area contributed by atoms with E-state index in [1.165, 1.54) is 30.3 Å². The van der Waals surface area contributed by atoms with Crippen LogP contribution >= 0.6 is 11.6 Å². The molecule has 0 fully saturated rings. The summed E-state index contributed by atoms with van der Waals surface area (Å²) in [6.07, 6.45) is 0. The summed E-state index contributed by atoms with van der Waals surface area (Å²) in [5.74, 6) is 0.242. The van der Waals surface area contributed by atoms with Gasteiger partial charge in [0, 0.05) is 17.0 Å². The van der Waals surface area contributed by atoms with Crippen molar-refractivity contribution in [3.05, 3.63) is 93.1 Å². The first-order valence-electron chi connectivity index (χ1n) is 8.64. The Morgan fingerprint density at radius 1 is 0.867 bits per heavy atom. The van der Waals surface area contributed by atoms with Crippen molar-refractivity contribution in [1.82, 2.24) is 0 Å². The van der Waals surface area contributed by atoms with Crippen LogP contribution in [0.15, 0.2) is 69.9 Å². The highest BCUT2D eigenvalue weighted by Gasteiger charge is 2.13. The molecule has 0 spiro atoms. The van der Waals surface area contributed by atoms with E-state index in [4.69, 9.17) is 31.3 Å². The second-order valence-corrected chi connectivity index (χ2v) is 6.71. The van der Waals surface area contributed by atoms with Crippen LogP contribution < -0.4 is 10.4 Å². The highest BCUT2D eigenvalue weighted by atomic mass is 35.5. The van der Waals surface area contributed by atoms with Gasteiger partial charge in [-0.25, -0.2) is 9.18 Å². The molecule has 3 aromatic carbocycles. The molecule has 0 bridgehead atoms. The number of halogens is 2. The molecule has 30 heavy (non-hydrogen) atoms. The van der Waals surface area contributed by atoms with E-state index in [-0.39, 0.29) is 27.3 Å². The fourth-order valence-electron chi connectivity index (χ4n) is 2.96. The second-order valence-electron chi connectivity index (χ2n) is 6.30. The van der Waals surface area contributed by atoms with Gasteiger partial charge in [0.1, 0.15) is 35.0 Å². The van der Waals surface area contributed by atoms with Gasteiger partial charge in [-0.2, -0.15) is 10.5 Å². The van der Waals surface area contributed by atoms with E-state index in [0.29, 0.717) is 22.4 Å². The zero-order valence-corrected chi connectivity index (χ0v) is 15.9. The minimum absolute atomic E-state index is 0.107. The SMILES string of the molecule is N#Cc1ccc(Oc2ccc3cc(-c4ccc(F)cc4Cl)c(=O)oc3c2)cc1C#N. The maximum Gasteiger partial charge on any atom is 0.344 e. The summed E-state index contributed by atoms with van der Waals surface area (Å²) in [7, 11) is 0. The monoisotopic (exact) mass is 416 g/mol. The quantitative estimate of drug-likeness (QED) is 0.394. The van der Waals surface area contributed by atoms with E-state index in [0.717, 1.165) is 6.07 Å². The van der Waals surface area contributed by atoms with Crippen molar-refractivity contribution in [2.45, 2.75) is 0 Å². The lowest BCUT2D eigenvalue weighted by molar-refractivity contribution is 0.480. The van der Waals surface area contributed by atoms with Gasteiger partial charge in [-0.1, -0.05) is 11.6 Å². The van der Waals surface area contributed by atoms with E-state index in [1.807, 2.05) is 12.1 Å². The van der Waals surface area contributed by atoms with Crippen LogP contribution in [0, 0.1) is 28.5 Å². The van der Waals surface area contributed by atoms with Gasteiger partial charge in [-0.05, 0) is 54.6 Å². The molecule has 5 nitrogen and oxygen atoms in total. The average molecular weight is 417 g/mol. The third-order valence-corrected chi connectivity index (χ3v) is 4.71. The van der Waals surface area contributed by atoms with Gasteiger partial charge in [0.25, 0.3) is 0 Å². The summed E-state index contributed by atoms with van der Waals surface area (Å²) in [5, 5.41) is 18.9. The normalized spacial score (nSPS) is 10.4. The van der Waals surface area contributed by atoms with Crippen LogP contribution in [0.1, 0.15) is 11.1 Å². The van der Waals surface area contributed by atoms with Crippen molar-refractivity contribution in [2.24, 2.45) is 0 Å². The Balaban J connectivity index is 1.72. The van der Waals surface area contributed by atoms with Gasteiger partial charge in [0.05, 0.1) is 21.7 Å². The molecule has 0 aliphatic heterocycles. The van der Waals surface area contributed by atoms with Gasteiger partial charge in [0.2, 0.25) is 0 Å². The molecule has 0 radical (unpaired) electrons. The summed E-state index contributed by atoms with van der Waals surface area (Å²) in [4.78, 5) is 12.5. The molecular weight excluding hydrogens is 407 g/mol. The van der Waals surface area contributed by atoms with Gasteiger partial charge in [-0.3, -0.25) is 0 Å². The minimum atomic E-state index is -0.627. The number of nitrogens with zero attached hydrogens (tertiary/aromatic N) is 2. The molecule has 4 aromatic rings. The molecule has 0 atom stereocenters. The summed E-state index contributed by atoms with van der Waals surface area (Å²) in [6, 6.07) is 18.7. The molecular formula is C23H10ClFN2O3. The molecule has 0 unspecified atom stereocenters. The van der Waals surface area contributed by atoms with E-state index >= 15 is 0 Å². The van der Waals surface area contributed by atoms with Crippen molar-refractivity contribution in [3.8, 4) is 34.8 Å². The number of hydrogen-bond donors (Lipinski definition) is 0. The average Bonchev–Trinajstić information content (AvgIpc) is 2.73. The molecule has 0 amide bonds. The van der Waals surface area contributed by atoms with Crippen molar-refractivity contribution >= 4 is 22.6 Å². The zero-order chi connectivity index (χ0) is 21.3. The topological polar surface area (TPSA) is 87.0 Å². The molecule has 0 aliphatic rings. The zero-order valence-electron chi connectivity index (χ0n) is 15.1. The summed E-state index contributed by atoms with van der Waals surface area (Å²) in [5.41, 5.74) is 0.694. The fraction of sp³-hybridized carbons (Fsp3) is 0.